The topological polar surface area (TPSA) is 9.23 Å². The molecule has 1 nitrogen and oxygen atoms in total. The lowest BCUT2D eigenvalue weighted by molar-refractivity contribution is 0.334. The Bertz CT molecular complexity index is 334. The van der Waals surface area contributed by atoms with Crippen molar-refractivity contribution in [1.29, 1.82) is 0 Å². The van der Waals surface area contributed by atoms with Crippen molar-refractivity contribution in [2.24, 2.45) is 0 Å². The zero-order valence-corrected chi connectivity index (χ0v) is 17.8. The number of hydrogen-bond acceptors (Lipinski definition) is 1. The fourth-order valence-corrected chi connectivity index (χ4v) is 5.88. The lowest BCUT2D eigenvalue weighted by Gasteiger charge is -2.13. The Hall–Kier alpha value is 2.67. The summed E-state index contributed by atoms with van der Waals surface area (Å²) in [5.41, 5.74) is 0. The maximum absolute atomic E-state index is 5.66. The van der Waals surface area contributed by atoms with E-state index in [0.29, 0.717) is 0 Å². The summed E-state index contributed by atoms with van der Waals surface area (Å²) < 4.78 is 12.0. The first-order chi connectivity index (χ1) is 6.50. The number of hydrogen-bond donors (Lipinski definition) is 0. The van der Waals surface area contributed by atoms with Crippen LogP contribution < -0.4 is 4.74 Å². The van der Waals surface area contributed by atoms with Gasteiger partial charge in [-0.1, -0.05) is 0 Å². The SMILES string of the molecule is CCOc1c(I)c(I)c(I)c(I)c1I. The van der Waals surface area contributed by atoms with Crippen LogP contribution in [0.5, 0.6) is 5.75 Å². The van der Waals surface area contributed by atoms with Crippen molar-refractivity contribution < 1.29 is 4.74 Å². The quantitative estimate of drug-likeness (QED) is 0.232. The maximum atomic E-state index is 5.66. The Labute approximate surface area is 152 Å². The molecule has 0 spiro atoms. The first kappa shape index (κ1) is 14.7. The molecule has 1 aromatic carbocycles. The average molecular weight is 752 g/mol. The normalized spacial score (nSPS) is 10.4. The molecule has 1 rings (SSSR count). The molecular formula is C8H5I5O. The molecule has 0 aliphatic heterocycles. The molecule has 1 aromatic rings. The fraction of sp³-hybridized carbons (Fsp3) is 0.250. The second-order valence-electron chi connectivity index (χ2n) is 2.33. The minimum atomic E-state index is 0.721. The second-order valence-corrected chi connectivity index (χ2v) is 7.73. The Balaban J connectivity index is 3.43. The summed E-state index contributed by atoms with van der Waals surface area (Å²) in [6.45, 7) is 2.74. The smallest absolute Gasteiger partial charge is 0.148 e. The van der Waals surface area contributed by atoms with E-state index < -0.39 is 0 Å². The maximum Gasteiger partial charge on any atom is 0.148 e. The van der Waals surface area contributed by atoms with Crippen LogP contribution in [0, 0.1) is 17.9 Å². The van der Waals surface area contributed by atoms with Crippen LogP contribution in [0.15, 0.2) is 0 Å². The lowest BCUT2D eigenvalue weighted by atomic mass is 10.3. The minimum Gasteiger partial charge on any atom is -0.492 e. The van der Waals surface area contributed by atoms with Crippen LogP contribution in [-0.4, -0.2) is 6.61 Å². The van der Waals surface area contributed by atoms with Crippen LogP contribution in [0.1, 0.15) is 6.92 Å². The van der Waals surface area contributed by atoms with E-state index in [9.17, 15) is 0 Å². The fourth-order valence-electron chi connectivity index (χ4n) is 0.856. The van der Waals surface area contributed by atoms with Crippen molar-refractivity contribution in [3.05, 3.63) is 17.9 Å². The molecule has 0 radical (unpaired) electrons. The molecule has 0 N–H and O–H groups in total. The molecule has 0 saturated carbocycles. The van der Waals surface area contributed by atoms with Gasteiger partial charge in [0.1, 0.15) is 5.75 Å². The minimum absolute atomic E-state index is 0.721. The molecule has 0 atom stereocenters. The monoisotopic (exact) mass is 752 g/mol. The Kier molecular flexibility index (Phi) is 6.90. The summed E-state index contributed by atoms with van der Waals surface area (Å²) in [5.74, 6) is 1.03. The number of ether oxygens (including phenoxy) is 1. The van der Waals surface area contributed by atoms with Gasteiger partial charge in [-0.05, 0) is 120 Å². The van der Waals surface area contributed by atoms with Crippen molar-refractivity contribution in [2.45, 2.75) is 6.92 Å². The molecule has 0 bridgehead atoms. The standard InChI is InChI=1S/C8H5I5O/c1-2-14-8-6(12)4(10)3(9)5(11)7(8)13/h2H2,1H3. The summed E-state index contributed by atoms with van der Waals surface area (Å²) in [7, 11) is 0. The van der Waals surface area contributed by atoms with Gasteiger partial charge in [0.25, 0.3) is 0 Å². The third kappa shape index (κ3) is 3.11. The molecule has 0 aliphatic carbocycles. The first-order valence-electron chi connectivity index (χ1n) is 3.64. The predicted molar refractivity (Wildman–Crippen MR) is 101 cm³/mol. The molecule has 0 fully saturated rings. The van der Waals surface area contributed by atoms with Crippen LogP contribution in [0.25, 0.3) is 0 Å². The highest BCUT2D eigenvalue weighted by Gasteiger charge is 2.17. The van der Waals surface area contributed by atoms with Crippen LogP contribution in [0.3, 0.4) is 0 Å². The summed E-state index contributed by atoms with van der Waals surface area (Å²) >= 11 is 11.8. The molecule has 0 aromatic heterocycles. The zero-order chi connectivity index (χ0) is 10.9. The molecule has 0 aliphatic rings. The van der Waals surface area contributed by atoms with Crippen LogP contribution in [-0.2, 0) is 0 Å². The summed E-state index contributed by atoms with van der Waals surface area (Å²) in [6.07, 6.45) is 0. The molecule has 0 saturated heterocycles. The van der Waals surface area contributed by atoms with Gasteiger partial charge in [-0.15, -0.1) is 0 Å². The van der Waals surface area contributed by atoms with E-state index in [4.69, 9.17) is 4.74 Å². The van der Waals surface area contributed by atoms with Crippen molar-refractivity contribution in [3.63, 3.8) is 0 Å². The first-order valence-corrected chi connectivity index (χ1v) is 9.04. The molecule has 0 heterocycles. The molecule has 6 heteroatoms. The summed E-state index contributed by atoms with van der Waals surface area (Å²) in [4.78, 5) is 0. The largest absolute Gasteiger partial charge is 0.492 e. The van der Waals surface area contributed by atoms with Crippen LogP contribution in [0.4, 0.5) is 0 Å². The Morgan fingerprint density at radius 1 is 0.786 bits per heavy atom. The van der Waals surface area contributed by atoms with Crippen molar-refractivity contribution in [1.82, 2.24) is 0 Å². The molecule has 0 amide bonds. The van der Waals surface area contributed by atoms with Crippen molar-refractivity contribution in [2.75, 3.05) is 6.61 Å². The molecular weight excluding hydrogens is 747 g/mol. The highest BCUT2D eigenvalue weighted by molar-refractivity contribution is 14.1. The van der Waals surface area contributed by atoms with E-state index in [1.165, 1.54) is 17.9 Å². The van der Waals surface area contributed by atoms with Gasteiger partial charge in [0.05, 0.1) is 13.7 Å². The van der Waals surface area contributed by atoms with Crippen molar-refractivity contribution in [3.8, 4) is 5.75 Å². The van der Waals surface area contributed by atoms with E-state index in [2.05, 4.69) is 113 Å². The predicted octanol–water partition coefficient (Wildman–Crippen LogP) is 5.11. The van der Waals surface area contributed by atoms with E-state index in [0.717, 1.165) is 12.4 Å². The second kappa shape index (κ2) is 6.56. The van der Waals surface area contributed by atoms with Gasteiger partial charge in [0.2, 0.25) is 0 Å². The third-order valence-corrected chi connectivity index (χ3v) is 10.9. The average Bonchev–Trinajstić information content (AvgIpc) is 2.19. The van der Waals surface area contributed by atoms with Crippen molar-refractivity contribution >= 4 is 113 Å². The number of halogens is 5. The lowest BCUT2D eigenvalue weighted by Crippen LogP contribution is -2.03. The van der Waals surface area contributed by atoms with E-state index in [1.54, 1.807) is 0 Å². The van der Waals surface area contributed by atoms with Gasteiger partial charge in [-0.3, -0.25) is 0 Å². The van der Waals surface area contributed by atoms with Gasteiger partial charge in [0, 0.05) is 10.7 Å². The third-order valence-electron chi connectivity index (χ3n) is 1.46. The number of rotatable bonds is 2. The van der Waals surface area contributed by atoms with Gasteiger partial charge < -0.3 is 4.74 Å². The summed E-state index contributed by atoms with van der Waals surface area (Å²) in [6, 6.07) is 0. The molecule has 78 valence electrons. The van der Waals surface area contributed by atoms with E-state index >= 15 is 0 Å². The van der Waals surface area contributed by atoms with Gasteiger partial charge in [-0.25, -0.2) is 0 Å². The van der Waals surface area contributed by atoms with Crippen LogP contribution in [0.2, 0.25) is 0 Å². The summed E-state index contributed by atoms with van der Waals surface area (Å²) in [5, 5.41) is 0. The Morgan fingerprint density at radius 2 is 1.14 bits per heavy atom. The van der Waals surface area contributed by atoms with Gasteiger partial charge >= 0.3 is 0 Å². The van der Waals surface area contributed by atoms with E-state index in [-0.39, 0.29) is 0 Å². The Morgan fingerprint density at radius 3 is 1.50 bits per heavy atom. The highest BCUT2D eigenvalue weighted by Crippen LogP contribution is 2.38. The van der Waals surface area contributed by atoms with Gasteiger partial charge in [0.15, 0.2) is 0 Å². The number of benzene rings is 1. The molecule has 0 unspecified atom stereocenters. The zero-order valence-electron chi connectivity index (χ0n) is 7.01. The van der Waals surface area contributed by atoms with Gasteiger partial charge in [-0.2, -0.15) is 0 Å². The van der Waals surface area contributed by atoms with Crippen LogP contribution >= 0.6 is 113 Å². The molecule has 14 heavy (non-hydrogen) atoms. The highest BCUT2D eigenvalue weighted by atomic mass is 127. The van der Waals surface area contributed by atoms with E-state index in [1.807, 2.05) is 6.92 Å².